The third kappa shape index (κ3) is 3.04. The van der Waals surface area contributed by atoms with E-state index < -0.39 is 0 Å². The molecule has 0 aromatic carbocycles. The zero-order valence-electron chi connectivity index (χ0n) is 6.97. The van der Waals surface area contributed by atoms with Gasteiger partial charge in [-0.2, -0.15) is 0 Å². The number of nitrogens with one attached hydrogen (secondary N) is 1. The average molecular weight is 155 g/mol. The van der Waals surface area contributed by atoms with Crippen LogP contribution in [-0.2, 0) is 0 Å². The average Bonchev–Trinajstić information content (AvgIpc) is 2.06. The third-order valence-corrected chi connectivity index (χ3v) is 2.20. The summed E-state index contributed by atoms with van der Waals surface area (Å²) in [6, 6.07) is 0. The van der Waals surface area contributed by atoms with Gasteiger partial charge in [-0.3, -0.25) is 0 Å². The zero-order valence-corrected chi connectivity index (χ0v) is 6.97. The summed E-state index contributed by atoms with van der Waals surface area (Å²) in [5, 5.41) is 12.1. The van der Waals surface area contributed by atoms with Crippen LogP contribution in [0.25, 0.3) is 0 Å². The van der Waals surface area contributed by atoms with Crippen LogP contribution in [0.2, 0.25) is 0 Å². The van der Waals surface area contributed by atoms with Gasteiger partial charge in [0.1, 0.15) is 0 Å². The fraction of sp³-hybridized carbons (Fsp3) is 0.778. The molecule has 1 saturated heterocycles. The number of piperidine rings is 1. The normalized spacial score (nSPS) is 25.0. The molecule has 2 N–H and O–H groups in total. The quantitative estimate of drug-likeness (QED) is 0.594. The molecule has 1 unspecified atom stereocenters. The summed E-state index contributed by atoms with van der Waals surface area (Å²) in [4.78, 5) is 0. The second-order valence-electron chi connectivity index (χ2n) is 3.32. The van der Waals surface area contributed by atoms with Crippen LogP contribution in [0, 0.1) is 5.92 Å². The van der Waals surface area contributed by atoms with Gasteiger partial charge in [-0.05, 0) is 38.3 Å². The zero-order chi connectivity index (χ0) is 8.10. The molecule has 0 saturated carbocycles. The van der Waals surface area contributed by atoms with Crippen LogP contribution in [0.1, 0.15) is 19.3 Å². The second-order valence-corrected chi connectivity index (χ2v) is 3.32. The lowest BCUT2D eigenvalue weighted by Crippen LogP contribution is -2.30. The highest BCUT2D eigenvalue weighted by molar-refractivity contribution is 4.96. The van der Waals surface area contributed by atoms with Crippen LogP contribution >= 0.6 is 0 Å². The molecule has 1 rings (SSSR count). The minimum Gasteiger partial charge on any atom is -0.392 e. The van der Waals surface area contributed by atoms with Crippen LogP contribution in [-0.4, -0.2) is 24.8 Å². The SMILES string of the molecule is C=C(CO)CC1CCCNC1. The molecule has 11 heavy (non-hydrogen) atoms. The van der Waals surface area contributed by atoms with Crippen molar-refractivity contribution in [1.82, 2.24) is 5.32 Å². The van der Waals surface area contributed by atoms with E-state index in [1.807, 2.05) is 0 Å². The molecule has 0 bridgehead atoms. The van der Waals surface area contributed by atoms with Crippen LogP contribution < -0.4 is 5.32 Å². The molecular formula is C9H17NO. The summed E-state index contributed by atoms with van der Waals surface area (Å²) in [7, 11) is 0. The predicted molar refractivity (Wildman–Crippen MR) is 46.4 cm³/mol. The fourth-order valence-electron chi connectivity index (χ4n) is 1.57. The van der Waals surface area contributed by atoms with Crippen LogP contribution in [0.5, 0.6) is 0 Å². The summed E-state index contributed by atoms with van der Waals surface area (Å²) >= 11 is 0. The molecule has 1 heterocycles. The molecule has 2 heteroatoms. The van der Waals surface area contributed by atoms with Gasteiger partial charge in [0.05, 0.1) is 6.61 Å². The van der Waals surface area contributed by atoms with E-state index in [0.29, 0.717) is 5.92 Å². The van der Waals surface area contributed by atoms with Crippen LogP contribution in [0.15, 0.2) is 12.2 Å². The van der Waals surface area contributed by atoms with Crippen LogP contribution in [0.3, 0.4) is 0 Å². The number of aliphatic hydroxyl groups is 1. The Labute approximate surface area is 68.3 Å². The monoisotopic (exact) mass is 155 g/mol. The molecule has 0 aromatic rings. The second kappa shape index (κ2) is 4.52. The van der Waals surface area contributed by atoms with Crippen molar-refractivity contribution in [3.05, 3.63) is 12.2 Å². The summed E-state index contributed by atoms with van der Waals surface area (Å²) in [6.45, 7) is 6.19. The van der Waals surface area contributed by atoms with E-state index in [1.165, 1.54) is 12.8 Å². The van der Waals surface area contributed by atoms with Gasteiger partial charge in [-0.25, -0.2) is 0 Å². The number of aliphatic hydroxyl groups excluding tert-OH is 1. The fourth-order valence-corrected chi connectivity index (χ4v) is 1.57. The molecular weight excluding hydrogens is 138 g/mol. The number of hydrogen-bond donors (Lipinski definition) is 2. The molecule has 1 aliphatic heterocycles. The van der Waals surface area contributed by atoms with Gasteiger partial charge in [-0.15, -0.1) is 0 Å². The van der Waals surface area contributed by atoms with Gasteiger partial charge in [0.15, 0.2) is 0 Å². The van der Waals surface area contributed by atoms with Gasteiger partial charge in [0.2, 0.25) is 0 Å². The van der Waals surface area contributed by atoms with Gasteiger partial charge in [0.25, 0.3) is 0 Å². The lowest BCUT2D eigenvalue weighted by atomic mass is 9.93. The molecule has 0 spiro atoms. The van der Waals surface area contributed by atoms with Crippen molar-refractivity contribution in [1.29, 1.82) is 0 Å². The van der Waals surface area contributed by atoms with Gasteiger partial charge in [0, 0.05) is 0 Å². The summed E-state index contributed by atoms with van der Waals surface area (Å²) in [6.07, 6.45) is 3.54. The highest BCUT2D eigenvalue weighted by Crippen LogP contribution is 2.17. The van der Waals surface area contributed by atoms with E-state index in [1.54, 1.807) is 0 Å². The van der Waals surface area contributed by atoms with Gasteiger partial charge >= 0.3 is 0 Å². The van der Waals surface area contributed by atoms with E-state index in [4.69, 9.17) is 5.11 Å². The first kappa shape index (κ1) is 8.75. The van der Waals surface area contributed by atoms with Crippen molar-refractivity contribution in [2.45, 2.75) is 19.3 Å². The Kier molecular flexibility index (Phi) is 3.60. The summed E-state index contributed by atoms with van der Waals surface area (Å²) in [5.74, 6) is 0.711. The molecule has 0 amide bonds. The lowest BCUT2D eigenvalue weighted by molar-refractivity contribution is 0.307. The van der Waals surface area contributed by atoms with E-state index in [0.717, 1.165) is 25.1 Å². The minimum atomic E-state index is 0.149. The molecule has 1 atom stereocenters. The van der Waals surface area contributed by atoms with Crippen LogP contribution in [0.4, 0.5) is 0 Å². The first-order valence-electron chi connectivity index (χ1n) is 4.31. The standard InChI is InChI=1S/C9H17NO/c1-8(7-11)5-9-3-2-4-10-6-9/h9-11H,1-7H2. The van der Waals surface area contributed by atoms with Gasteiger partial charge in [-0.1, -0.05) is 12.2 Å². The molecule has 0 radical (unpaired) electrons. The predicted octanol–water partition coefficient (Wildman–Crippen LogP) is 0.925. The largest absolute Gasteiger partial charge is 0.392 e. The molecule has 64 valence electrons. The maximum Gasteiger partial charge on any atom is 0.0639 e. The van der Waals surface area contributed by atoms with E-state index >= 15 is 0 Å². The first-order chi connectivity index (χ1) is 5.33. The van der Waals surface area contributed by atoms with Crippen molar-refractivity contribution >= 4 is 0 Å². The lowest BCUT2D eigenvalue weighted by Gasteiger charge is -2.22. The van der Waals surface area contributed by atoms with Crippen molar-refractivity contribution in [2.24, 2.45) is 5.92 Å². The Morgan fingerprint density at radius 3 is 3.00 bits per heavy atom. The summed E-state index contributed by atoms with van der Waals surface area (Å²) in [5.41, 5.74) is 0.971. The highest BCUT2D eigenvalue weighted by Gasteiger charge is 2.12. The highest BCUT2D eigenvalue weighted by atomic mass is 16.3. The molecule has 1 aliphatic rings. The van der Waals surface area contributed by atoms with E-state index in [-0.39, 0.29) is 6.61 Å². The molecule has 0 aliphatic carbocycles. The molecule has 2 nitrogen and oxygen atoms in total. The molecule has 0 aromatic heterocycles. The Balaban J connectivity index is 2.19. The van der Waals surface area contributed by atoms with Crippen molar-refractivity contribution in [3.63, 3.8) is 0 Å². The Morgan fingerprint density at radius 1 is 1.64 bits per heavy atom. The Morgan fingerprint density at radius 2 is 2.45 bits per heavy atom. The van der Waals surface area contributed by atoms with Crippen molar-refractivity contribution in [2.75, 3.05) is 19.7 Å². The van der Waals surface area contributed by atoms with Crippen molar-refractivity contribution in [3.8, 4) is 0 Å². The Bertz CT molecular complexity index is 128. The Hall–Kier alpha value is -0.340. The van der Waals surface area contributed by atoms with E-state index in [2.05, 4.69) is 11.9 Å². The third-order valence-electron chi connectivity index (χ3n) is 2.20. The van der Waals surface area contributed by atoms with Crippen molar-refractivity contribution < 1.29 is 5.11 Å². The minimum absolute atomic E-state index is 0.149. The summed E-state index contributed by atoms with van der Waals surface area (Å²) < 4.78 is 0. The number of rotatable bonds is 3. The number of hydrogen-bond acceptors (Lipinski definition) is 2. The maximum atomic E-state index is 8.75. The smallest absolute Gasteiger partial charge is 0.0639 e. The topological polar surface area (TPSA) is 32.3 Å². The first-order valence-corrected chi connectivity index (χ1v) is 4.31. The molecule has 1 fully saturated rings. The van der Waals surface area contributed by atoms with Gasteiger partial charge < -0.3 is 10.4 Å². The van der Waals surface area contributed by atoms with E-state index in [9.17, 15) is 0 Å². The maximum absolute atomic E-state index is 8.75.